The van der Waals surface area contributed by atoms with E-state index in [2.05, 4.69) is 4.98 Å². The van der Waals surface area contributed by atoms with Gasteiger partial charge in [0.25, 0.3) is 0 Å². The molecular weight excluding hydrogens is 388 g/mol. The van der Waals surface area contributed by atoms with Crippen molar-refractivity contribution in [3.63, 3.8) is 0 Å². The van der Waals surface area contributed by atoms with Gasteiger partial charge in [-0.05, 0) is 36.8 Å². The lowest BCUT2D eigenvalue weighted by Gasteiger charge is -2.11. The molecule has 1 aliphatic heterocycles. The quantitative estimate of drug-likeness (QED) is 0.477. The normalized spacial score (nSPS) is 11.9. The molecule has 152 valence electrons. The van der Waals surface area contributed by atoms with Crippen molar-refractivity contribution in [2.24, 2.45) is 0 Å². The minimum absolute atomic E-state index is 0.0126. The molecule has 0 amide bonds. The van der Waals surface area contributed by atoms with Crippen molar-refractivity contribution in [3.05, 3.63) is 47.8 Å². The van der Waals surface area contributed by atoms with Crippen molar-refractivity contribution in [2.75, 3.05) is 13.4 Å². The summed E-state index contributed by atoms with van der Waals surface area (Å²) in [4.78, 5) is 16.3. The summed E-state index contributed by atoms with van der Waals surface area (Å²) in [7, 11) is 0. The van der Waals surface area contributed by atoms with Crippen molar-refractivity contribution in [2.45, 2.75) is 19.8 Å². The molecule has 0 aliphatic carbocycles. The van der Waals surface area contributed by atoms with Crippen LogP contribution >= 0.6 is 0 Å². The van der Waals surface area contributed by atoms with Gasteiger partial charge in [0, 0.05) is 16.8 Å². The van der Waals surface area contributed by atoms with Gasteiger partial charge in [-0.25, -0.2) is 9.78 Å². The molecule has 1 aliphatic rings. The summed E-state index contributed by atoms with van der Waals surface area (Å²) in [6, 6.07) is 11.9. The second kappa shape index (κ2) is 8.17. The van der Waals surface area contributed by atoms with E-state index < -0.39 is 5.97 Å². The minimum Gasteiger partial charge on any atom is -0.505 e. The molecule has 0 unspecified atom stereocenters. The van der Waals surface area contributed by atoms with Crippen LogP contribution in [-0.2, 0) is 4.74 Å². The maximum Gasteiger partial charge on any atom is 0.360 e. The van der Waals surface area contributed by atoms with Gasteiger partial charge < -0.3 is 24.1 Å². The number of rotatable bonds is 6. The van der Waals surface area contributed by atoms with Gasteiger partial charge in [-0.1, -0.05) is 13.3 Å². The van der Waals surface area contributed by atoms with Crippen LogP contribution in [0.1, 0.15) is 35.9 Å². The molecule has 1 aromatic heterocycles. The molecule has 0 spiro atoms. The van der Waals surface area contributed by atoms with Gasteiger partial charge in [0.05, 0.1) is 6.61 Å². The third kappa shape index (κ3) is 3.65. The van der Waals surface area contributed by atoms with Crippen molar-refractivity contribution in [1.29, 1.82) is 5.26 Å². The first-order chi connectivity index (χ1) is 14.6. The molecule has 8 heteroatoms. The highest BCUT2D eigenvalue weighted by Gasteiger charge is 2.21. The number of nitriles is 1. The number of benzene rings is 2. The van der Waals surface area contributed by atoms with Crippen LogP contribution in [0.3, 0.4) is 0 Å². The van der Waals surface area contributed by atoms with E-state index in [-0.39, 0.29) is 30.5 Å². The maximum atomic E-state index is 12.3. The Balaban J connectivity index is 1.66. The van der Waals surface area contributed by atoms with Crippen LogP contribution in [0.4, 0.5) is 0 Å². The Morgan fingerprint density at radius 1 is 1.17 bits per heavy atom. The number of aromatic nitrogens is 1. The van der Waals surface area contributed by atoms with Crippen LogP contribution in [0.15, 0.2) is 36.4 Å². The number of fused-ring (bicyclic) bond motifs is 2. The average molecular weight is 406 g/mol. The number of esters is 1. The number of carbonyl (C=O) groups is 1. The van der Waals surface area contributed by atoms with E-state index in [1.54, 1.807) is 36.4 Å². The average Bonchev–Trinajstić information content (AvgIpc) is 3.22. The molecule has 30 heavy (non-hydrogen) atoms. The number of hydrogen-bond donors (Lipinski definition) is 1. The van der Waals surface area contributed by atoms with E-state index in [1.165, 1.54) is 0 Å². The third-order valence-corrected chi connectivity index (χ3v) is 4.56. The Morgan fingerprint density at radius 3 is 2.73 bits per heavy atom. The van der Waals surface area contributed by atoms with E-state index in [0.717, 1.165) is 6.42 Å². The van der Waals surface area contributed by atoms with Crippen molar-refractivity contribution in [3.8, 4) is 34.8 Å². The Labute approximate surface area is 172 Å². The molecule has 0 bridgehead atoms. The SMILES string of the molecule is CCCCOC(=O)c1nc(C#N)c2cc(Oc3ccc4c(c3)OCO4)ccc2c1O. The molecule has 0 saturated heterocycles. The summed E-state index contributed by atoms with van der Waals surface area (Å²) in [5.74, 6) is 1.07. The summed E-state index contributed by atoms with van der Waals surface area (Å²) in [5, 5.41) is 20.7. The second-order valence-corrected chi connectivity index (χ2v) is 6.58. The molecule has 2 heterocycles. The first-order valence-corrected chi connectivity index (χ1v) is 9.42. The molecule has 0 atom stereocenters. The monoisotopic (exact) mass is 406 g/mol. The van der Waals surface area contributed by atoms with E-state index in [4.69, 9.17) is 18.9 Å². The number of hydrogen-bond acceptors (Lipinski definition) is 8. The van der Waals surface area contributed by atoms with Crippen LogP contribution in [0.5, 0.6) is 28.7 Å². The summed E-state index contributed by atoms with van der Waals surface area (Å²) in [6.07, 6.45) is 1.56. The lowest BCUT2D eigenvalue weighted by molar-refractivity contribution is 0.0489. The molecule has 2 aromatic carbocycles. The Hall–Kier alpha value is -3.99. The van der Waals surface area contributed by atoms with Crippen LogP contribution in [-0.4, -0.2) is 29.5 Å². The number of pyridine rings is 1. The molecule has 4 rings (SSSR count). The molecule has 0 radical (unpaired) electrons. The van der Waals surface area contributed by atoms with Crippen LogP contribution in [0.2, 0.25) is 0 Å². The molecule has 0 fully saturated rings. The lowest BCUT2D eigenvalue weighted by atomic mass is 10.1. The van der Waals surface area contributed by atoms with Gasteiger partial charge in [-0.15, -0.1) is 0 Å². The molecule has 0 saturated carbocycles. The van der Waals surface area contributed by atoms with Crippen molar-refractivity contribution >= 4 is 16.7 Å². The fourth-order valence-electron chi connectivity index (χ4n) is 3.02. The van der Waals surface area contributed by atoms with Crippen molar-refractivity contribution < 1.29 is 28.8 Å². The Morgan fingerprint density at radius 2 is 1.93 bits per heavy atom. The number of ether oxygens (including phenoxy) is 4. The smallest absolute Gasteiger partial charge is 0.360 e. The molecule has 3 aromatic rings. The first-order valence-electron chi connectivity index (χ1n) is 9.42. The zero-order chi connectivity index (χ0) is 21.1. The predicted molar refractivity (Wildman–Crippen MR) is 106 cm³/mol. The Kier molecular flexibility index (Phi) is 5.26. The zero-order valence-corrected chi connectivity index (χ0v) is 16.2. The highest BCUT2D eigenvalue weighted by Crippen LogP contribution is 2.38. The maximum absolute atomic E-state index is 12.3. The zero-order valence-electron chi connectivity index (χ0n) is 16.2. The molecule has 1 N–H and O–H groups in total. The summed E-state index contributed by atoms with van der Waals surface area (Å²) in [5.41, 5.74) is -0.291. The molecule has 8 nitrogen and oxygen atoms in total. The summed E-state index contributed by atoms with van der Waals surface area (Å²) in [6.45, 7) is 2.35. The highest BCUT2D eigenvalue weighted by atomic mass is 16.7. The largest absolute Gasteiger partial charge is 0.505 e. The van der Waals surface area contributed by atoms with Gasteiger partial charge in [0.1, 0.15) is 23.3 Å². The minimum atomic E-state index is -0.764. The second-order valence-electron chi connectivity index (χ2n) is 6.58. The highest BCUT2D eigenvalue weighted by molar-refractivity contribution is 6.01. The van der Waals surface area contributed by atoms with E-state index in [1.807, 2.05) is 13.0 Å². The van der Waals surface area contributed by atoms with Crippen LogP contribution in [0.25, 0.3) is 10.8 Å². The first kappa shape index (κ1) is 19.3. The number of aromatic hydroxyl groups is 1. The summed E-state index contributed by atoms with van der Waals surface area (Å²) < 4.78 is 21.6. The Bertz CT molecular complexity index is 1170. The van der Waals surface area contributed by atoms with Gasteiger partial charge in [-0.3, -0.25) is 0 Å². The topological polar surface area (TPSA) is 111 Å². The van der Waals surface area contributed by atoms with Crippen molar-refractivity contribution in [1.82, 2.24) is 4.98 Å². The number of nitrogens with zero attached hydrogens (tertiary/aromatic N) is 2. The fourth-order valence-corrected chi connectivity index (χ4v) is 3.02. The fraction of sp³-hybridized carbons (Fsp3) is 0.227. The number of unbranched alkanes of at least 4 members (excludes halogenated alkanes) is 1. The predicted octanol–water partition coefficient (Wildman–Crippen LogP) is 4.29. The summed E-state index contributed by atoms with van der Waals surface area (Å²) >= 11 is 0. The lowest BCUT2D eigenvalue weighted by Crippen LogP contribution is -2.10. The van der Waals surface area contributed by atoms with Gasteiger partial charge in [0.15, 0.2) is 22.9 Å². The third-order valence-electron chi connectivity index (χ3n) is 4.56. The van der Waals surface area contributed by atoms with Gasteiger partial charge in [-0.2, -0.15) is 5.26 Å². The van der Waals surface area contributed by atoms with E-state index >= 15 is 0 Å². The molecular formula is C22H18N2O6. The number of carbonyl (C=O) groups excluding carboxylic acids is 1. The van der Waals surface area contributed by atoms with Crippen LogP contribution < -0.4 is 14.2 Å². The van der Waals surface area contributed by atoms with Gasteiger partial charge in [0.2, 0.25) is 6.79 Å². The van der Waals surface area contributed by atoms with E-state index in [9.17, 15) is 15.2 Å². The standard InChI is InChI=1S/C22H18N2O6/c1-2-3-8-27-22(26)20-21(25)15-6-4-13(9-16(15)17(11-23)24-20)30-14-5-7-18-19(10-14)29-12-28-18/h4-7,9-10,25H,2-3,8,12H2,1H3. The van der Waals surface area contributed by atoms with Gasteiger partial charge >= 0.3 is 5.97 Å². The van der Waals surface area contributed by atoms with Crippen LogP contribution in [0, 0.1) is 11.3 Å². The van der Waals surface area contributed by atoms with E-state index in [0.29, 0.717) is 40.2 Å².